The average molecular weight is 615 g/mol. The van der Waals surface area contributed by atoms with Crippen molar-refractivity contribution < 1.29 is 18.0 Å². The molecule has 0 spiro atoms. The third-order valence-electron chi connectivity index (χ3n) is 6.25. The molecule has 0 unspecified atom stereocenters. The van der Waals surface area contributed by atoms with E-state index in [1.54, 1.807) is 42.5 Å². The fourth-order valence-corrected chi connectivity index (χ4v) is 5.93. The van der Waals surface area contributed by atoms with E-state index in [9.17, 15) is 18.0 Å². The highest BCUT2D eigenvalue weighted by Gasteiger charge is 2.33. The average Bonchev–Trinajstić information content (AvgIpc) is 2.91. The maximum atomic E-state index is 14.0. The first-order valence-electron chi connectivity index (χ1n) is 13.0. The van der Waals surface area contributed by atoms with Crippen LogP contribution in [0.15, 0.2) is 88.2 Å². The first-order valence-corrected chi connectivity index (χ1v) is 15.2. The smallest absolute Gasteiger partial charge is 0.264 e. The summed E-state index contributed by atoms with van der Waals surface area (Å²) < 4.78 is 29.4. The van der Waals surface area contributed by atoms with Crippen LogP contribution in [-0.4, -0.2) is 44.3 Å². The van der Waals surface area contributed by atoms with Crippen molar-refractivity contribution in [2.45, 2.75) is 51.6 Å². The van der Waals surface area contributed by atoms with Gasteiger partial charge in [-0.3, -0.25) is 13.9 Å². The van der Waals surface area contributed by atoms with Gasteiger partial charge in [0.05, 0.1) is 10.6 Å². The monoisotopic (exact) mass is 613 g/mol. The Morgan fingerprint density at radius 3 is 2.21 bits per heavy atom. The highest BCUT2D eigenvalue weighted by molar-refractivity contribution is 9.10. The van der Waals surface area contributed by atoms with Crippen LogP contribution in [0.5, 0.6) is 0 Å². The van der Waals surface area contributed by atoms with Crippen LogP contribution in [0.4, 0.5) is 5.69 Å². The maximum absolute atomic E-state index is 14.0. The van der Waals surface area contributed by atoms with E-state index >= 15 is 0 Å². The summed E-state index contributed by atoms with van der Waals surface area (Å²) in [6, 6.07) is 21.8. The summed E-state index contributed by atoms with van der Waals surface area (Å²) >= 11 is 3.41. The van der Waals surface area contributed by atoms with Crippen LogP contribution in [0.3, 0.4) is 0 Å². The molecular formula is C30H36BrN3O4S. The van der Waals surface area contributed by atoms with Crippen LogP contribution in [0, 0.1) is 12.8 Å². The van der Waals surface area contributed by atoms with Crippen LogP contribution < -0.4 is 9.62 Å². The number of amides is 2. The summed E-state index contributed by atoms with van der Waals surface area (Å²) in [5, 5.41) is 2.94. The lowest BCUT2D eigenvalue weighted by Gasteiger charge is -2.33. The van der Waals surface area contributed by atoms with Crippen molar-refractivity contribution in [3.63, 3.8) is 0 Å². The fourth-order valence-electron chi connectivity index (χ4n) is 4.11. The van der Waals surface area contributed by atoms with Crippen molar-refractivity contribution >= 4 is 43.5 Å². The number of sulfonamides is 1. The second-order valence-corrected chi connectivity index (χ2v) is 12.7. The number of hydrogen-bond acceptors (Lipinski definition) is 4. The molecule has 0 saturated carbocycles. The van der Waals surface area contributed by atoms with Gasteiger partial charge in [0.15, 0.2) is 0 Å². The van der Waals surface area contributed by atoms with E-state index in [0.717, 1.165) is 15.4 Å². The third kappa shape index (κ3) is 8.16. The van der Waals surface area contributed by atoms with Gasteiger partial charge >= 0.3 is 0 Å². The normalized spacial score (nSPS) is 12.2. The zero-order chi connectivity index (χ0) is 28.6. The minimum atomic E-state index is -4.09. The van der Waals surface area contributed by atoms with Gasteiger partial charge in [-0.1, -0.05) is 90.8 Å². The van der Waals surface area contributed by atoms with Crippen LogP contribution in [0.1, 0.15) is 38.3 Å². The van der Waals surface area contributed by atoms with Gasteiger partial charge in [0, 0.05) is 17.6 Å². The molecule has 0 radical (unpaired) electrons. The quantitative estimate of drug-likeness (QED) is 0.291. The Balaban J connectivity index is 2.03. The van der Waals surface area contributed by atoms with E-state index < -0.39 is 28.5 Å². The molecule has 3 aromatic carbocycles. The van der Waals surface area contributed by atoms with E-state index in [2.05, 4.69) is 21.2 Å². The van der Waals surface area contributed by atoms with E-state index in [4.69, 9.17) is 0 Å². The molecule has 0 bridgehead atoms. The molecule has 0 heterocycles. The summed E-state index contributed by atoms with van der Waals surface area (Å²) in [7, 11) is -4.09. The number of carbonyl (C=O) groups is 2. The molecule has 208 valence electrons. The number of nitrogens with zero attached hydrogens (tertiary/aromatic N) is 2. The number of nitrogens with one attached hydrogen (secondary N) is 1. The molecule has 9 heteroatoms. The highest BCUT2D eigenvalue weighted by atomic mass is 79.9. The topological polar surface area (TPSA) is 86.8 Å². The lowest BCUT2D eigenvalue weighted by Crippen LogP contribution is -2.52. The van der Waals surface area contributed by atoms with Gasteiger partial charge in [0.2, 0.25) is 11.8 Å². The van der Waals surface area contributed by atoms with Crippen LogP contribution in [-0.2, 0) is 26.2 Å². The number of hydrogen-bond donors (Lipinski definition) is 1. The van der Waals surface area contributed by atoms with Crippen LogP contribution >= 0.6 is 15.9 Å². The molecule has 0 saturated heterocycles. The number of anilines is 1. The second kappa shape index (κ2) is 13.8. The zero-order valence-electron chi connectivity index (χ0n) is 22.8. The summed E-state index contributed by atoms with van der Waals surface area (Å²) in [6.07, 6.45) is 0.379. The molecule has 0 aliphatic heterocycles. The number of carbonyl (C=O) groups excluding carboxylic acids is 2. The highest BCUT2D eigenvalue weighted by Crippen LogP contribution is 2.27. The molecule has 0 aromatic heterocycles. The molecule has 0 aliphatic rings. The Morgan fingerprint density at radius 1 is 0.949 bits per heavy atom. The Hall–Kier alpha value is -3.17. The third-order valence-corrected chi connectivity index (χ3v) is 8.53. The molecule has 0 aliphatic carbocycles. The largest absolute Gasteiger partial charge is 0.354 e. The lowest BCUT2D eigenvalue weighted by atomic mass is 10.1. The van der Waals surface area contributed by atoms with E-state index in [0.29, 0.717) is 23.1 Å². The summed E-state index contributed by atoms with van der Waals surface area (Å²) in [5.41, 5.74) is 2.27. The molecule has 2 amide bonds. The maximum Gasteiger partial charge on any atom is 0.264 e. The van der Waals surface area contributed by atoms with Gasteiger partial charge in [-0.2, -0.15) is 0 Å². The van der Waals surface area contributed by atoms with Gasteiger partial charge < -0.3 is 10.2 Å². The fraction of sp³-hybridized carbons (Fsp3) is 0.333. The Labute approximate surface area is 240 Å². The molecule has 3 rings (SSSR count). The van der Waals surface area contributed by atoms with Gasteiger partial charge in [0.1, 0.15) is 12.6 Å². The Bertz CT molecular complexity index is 1360. The van der Waals surface area contributed by atoms with Crippen molar-refractivity contribution in [2.24, 2.45) is 5.92 Å². The predicted molar refractivity (Wildman–Crippen MR) is 159 cm³/mol. The van der Waals surface area contributed by atoms with Gasteiger partial charge in [-0.25, -0.2) is 8.42 Å². The second-order valence-electron chi connectivity index (χ2n) is 9.87. The van der Waals surface area contributed by atoms with Crippen molar-refractivity contribution in [1.82, 2.24) is 10.2 Å². The SMILES string of the molecule is CC[C@H](C(=O)NCC(C)C)N(Cc1ccc(C)cc1)C(=O)CN(c1cccc(Br)c1)S(=O)(=O)c1ccccc1. The molecule has 1 atom stereocenters. The lowest BCUT2D eigenvalue weighted by molar-refractivity contribution is -0.140. The molecular weight excluding hydrogens is 578 g/mol. The number of halogens is 1. The minimum Gasteiger partial charge on any atom is -0.354 e. The van der Waals surface area contributed by atoms with Crippen LogP contribution in [0.2, 0.25) is 0 Å². The van der Waals surface area contributed by atoms with Crippen molar-refractivity contribution in [1.29, 1.82) is 0 Å². The number of benzene rings is 3. The van der Waals surface area contributed by atoms with E-state index in [1.165, 1.54) is 17.0 Å². The molecule has 0 fully saturated rings. The van der Waals surface area contributed by atoms with Crippen molar-refractivity contribution in [3.8, 4) is 0 Å². The first-order chi connectivity index (χ1) is 18.5. The van der Waals surface area contributed by atoms with Gasteiger partial charge in [0.25, 0.3) is 10.0 Å². The number of aryl methyl sites for hydroxylation is 1. The molecule has 39 heavy (non-hydrogen) atoms. The summed E-state index contributed by atoms with van der Waals surface area (Å²) in [4.78, 5) is 28.8. The molecule has 7 nitrogen and oxygen atoms in total. The summed E-state index contributed by atoms with van der Waals surface area (Å²) in [6.45, 7) is 8.01. The predicted octanol–water partition coefficient (Wildman–Crippen LogP) is 5.53. The summed E-state index contributed by atoms with van der Waals surface area (Å²) in [5.74, 6) is -0.482. The van der Waals surface area contributed by atoms with Gasteiger partial charge in [-0.15, -0.1) is 0 Å². The van der Waals surface area contributed by atoms with Crippen LogP contribution in [0.25, 0.3) is 0 Å². The Morgan fingerprint density at radius 2 is 1.62 bits per heavy atom. The van der Waals surface area contributed by atoms with E-state index in [1.807, 2.05) is 52.0 Å². The Kier molecular flexibility index (Phi) is 10.7. The molecule has 3 aromatic rings. The number of rotatable bonds is 12. The standard InChI is InChI=1S/C30H36BrN3O4S/c1-5-28(30(36)32-19-22(2)3)33(20-24-16-14-23(4)15-17-24)29(35)21-34(26-11-9-10-25(31)18-26)39(37,38)27-12-7-6-8-13-27/h6-18,22,28H,5,19-21H2,1-4H3,(H,32,36)/t28-/m1/s1. The zero-order valence-corrected chi connectivity index (χ0v) is 25.2. The van der Waals surface area contributed by atoms with Crippen molar-refractivity contribution in [3.05, 3.63) is 94.5 Å². The van der Waals surface area contributed by atoms with Crippen molar-refractivity contribution in [2.75, 3.05) is 17.4 Å². The minimum absolute atomic E-state index is 0.0737. The first kappa shape index (κ1) is 30.4. The van der Waals surface area contributed by atoms with Gasteiger partial charge in [-0.05, 0) is 55.2 Å². The molecule has 1 N–H and O–H groups in total. The van der Waals surface area contributed by atoms with E-state index in [-0.39, 0.29) is 23.3 Å².